The van der Waals surface area contributed by atoms with Crippen molar-refractivity contribution < 1.29 is 4.74 Å². The number of aryl methyl sites for hydroxylation is 1. The fraction of sp³-hybridized carbons (Fsp3) is 0.524. The third-order valence-electron chi connectivity index (χ3n) is 5.01. The number of methoxy groups -OCH3 is 1. The first-order chi connectivity index (χ1) is 11.7. The molecule has 0 fully saturated rings. The summed E-state index contributed by atoms with van der Waals surface area (Å²) in [6.07, 6.45) is 10.8. The number of unbranched alkanes of at least 4 members (excludes halogenated alkanes) is 2. The maximum Gasteiger partial charge on any atom is 0.119 e. The number of benzene rings is 1. The van der Waals surface area contributed by atoms with Gasteiger partial charge in [0, 0.05) is 36.7 Å². The smallest absolute Gasteiger partial charge is 0.119 e. The summed E-state index contributed by atoms with van der Waals surface area (Å²) < 4.78 is 7.90. The van der Waals surface area contributed by atoms with Crippen LogP contribution in [0.15, 0.2) is 36.0 Å². The first kappa shape index (κ1) is 17.1. The van der Waals surface area contributed by atoms with E-state index in [4.69, 9.17) is 4.74 Å². The fourth-order valence-corrected chi connectivity index (χ4v) is 3.69. The molecule has 0 saturated carbocycles. The van der Waals surface area contributed by atoms with Gasteiger partial charge in [0.2, 0.25) is 0 Å². The highest BCUT2D eigenvalue weighted by Crippen LogP contribution is 2.29. The molecule has 24 heavy (non-hydrogen) atoms. The molecule has 1 aromatic heterocycles. The van der Waals surface area contributed by atoms with E-state index in [1.165, 1.54) is 48.7 Å². The van der Waals surface area contributed by atoms with Crippen LogP contribution in [0.1, 0.15) is 38.2 Å². The minimum absolute atomic E-state index is 0.949. The molecule has 0 aliphatic carbocycles. The van der Waals surface area contributed by atoms with E-state index in [-0.39, 0.29) is 0 Å². The number of fused-ring (bicyclic) bond motifs is 1. The van der Waals surface area contributed by atoms with Crippen molar-refractivity contribution in [1.82, 2.24) is 9.47 Å². The lowest BCUT2D eigenvalue weighted by Gasteiger charge is -2.22. The monoisotopic (exact) mass is 326 g/mol. The third kappa shape index (κ3) is 3.84. The molecule has 0 bridgehead atoms. The lowest BCUT2D eigenvalue weighted by molar-refractivity contribution is 0.352. The van der Waals surface area contributed by atoms with Crippen molar-refractivity contribution in [2.75, 3.05) is 27.2 Å². The van der Waals surface area contributed by atoms with Crippen molar-refractivity contribution in [3.8, 4) is 5.75 Å². The summed E-state index contributed by atoms with van der Waals surface area (Å²) in [5, 5.41) is 1.35. The van der Waals surface area contributed by atoms with Crippen LogP contribution in [0.4, 0.5) is 0 Å². The Hall–Kier alpha value is -1.74. The lowest BCUT2D eigenvalue weighted by Crippen LogP contribution is -2.26. The van der Waals surface area contributed by atoms with Gasteiger partial charge in [-0.25, -0.2) is 0 Å². The number of ether oxygens (including phenoxy) is 1. The van der Waals surface area contributed by atoms with E-state index in [0.29, 0.717) is 0 Å². The molecule has 1 aliphatic rings. The largest absolute Gasteiger partial charge is 0.497 e. The van der Waals surface area contributed by atoms with Crippen molar-refractivity contribution >= 4 is 10.9 Å². The van der Waals surface area contributed by atoms with Crippen LogP contribution in [0.25, 0.3) is 10.9 Å². The van der Waals surface area contributed by atoms with Crippen molar-refractivity contribution in [1.29, 1.82) is 0 Å². The molecule has 1 aliphatic heterocycles. The molecule has 0 atom stereocenters. The van der Waals surface area contributed by atoms with Gasteiger partial charge >= 0.3 is 0 Å². The summed E-state index contributed by atoms with van der Waals surface area (Å²) in [6, 6.07) is 6.50. The van der Waals surface area contributed by atoms with Gasteiger partial charge in [0.25, 0.3) is 0 Å². The summed E-state index contributed by atoms with van der Waals surface area (Å²) >= 11 is 0. The number of rotatable bonds is 7. The van der Waals surface area contributed by atoms with Crippen LogP contribution in [-0.2, 0) is 13.0 Å². The van der Waals surface area contributed by atoms with Crippen LogP contribution in [0.5, 0.6) is 5.75 Å². The lowest BCUT2D eigenvalue weighted by atomic mass is 10.0. The molecule has 0 amide bonds. The zero-order chi connectivity index (χ0) is 16.9. The van der Waals surface area contributed by atoms with Crippen LogP contribution < -0.4 is 4.74 Å². The highest BCUT2D eigenvalue weighted by Gasteiger charge is 2.14. The van der Waals surface area contributed by atoms with E-state index in [0.717, 1.165) is 25.3 Å². The van der Waals surface area contributed by atoms with Crippen molar-refractivity contribution in [2.24, 2.45) is 0 Å². The van der Waals surface area contributed by atoms with Crippen LogP contribution >= 0.6 is 0 Å². The number of hydrogen-bond acceptors (Lipinski definition) is 2. The van der Waals surface area contributed by atoms with E-state index in [2.05, 4.69) is 53.9 Å². The van der Waals surface area contributed by atoms with Crippen LogP contribution in [0.3, 0.4) is 0 Å². The van der Waals surface area contributed by atoms with E-state index in [1.807, 2.05) is 0 Å². The highest BCUT2D eigenvalue weighted by atomic mass is 16.5. The van der Waals surface area contributed by atoms with Gasteiger partial charge in [0.1, 0.15) is 5.75 Å². The molecule has 2 aromatic rings. The highest BCUT2D eigenvalue weighted by molar-refractivity contribution is 5.85. The zero-order valence-electron chi connectivity index (χ0n) is 15.3. The van der Waals surface area contributed by atoms with Gasteiger partial charge < -0.3 is 14.2 Å². The van der Waals surface area contributed by atoms with E-state index in [9.17, 15) is 0 Å². The second-order valence-electron chi connectivity index (χ2n) is 7.00. The minimum Gasteiger partial charge on any atom is -0.497 e. The molecule has 3 nitrogen and oxygen atoms in total. The Bertz CT molecular complexity index is 714. The first-order valence-corrected chi connectivity index (χ1v) is 9.23. The SMILES string of the molecule is CCCCCn1cc(CC2=CCCN(C)C2)c2cc(OC)ccc21. The molecule has 3 rings (SSSR count). The molecule has 0 N–H and O–H groups in total. The predicted molar refractivity (Wildman–Crippen MR) is 102 cm³/mol. The second kappa shape index (κ2) is 7.89. The van der Waals surface area contributed by atoms with E-state index in [1.54, 1.807) is 12.7 Å². The first-order valence-electron chi connectivity index (χ1n) is 9.23. The summed E-state index contributed by atoms with van der Waals surface area (Å²) in [5.74, 6) is 0.949. The molecular formula is C21H30N2O. The van der Waals surface area contributed by atoms with Crippen LogP contribution in [0.2, 0.25) is 0 Å². The maximum atomic E-state index is 5.46. The number of likely N-dealkylation sites (N-methyl/N-ethyl adjacent to an activating group) is 1. The molecule has 1 aromatic carbocycles. The Morgan fingerprint density at radius 3 is 2.83 bits per heavy atom. The molecule has 3 heteroatoms. The molecule has 0 spiro atoms. The molecule has 0 radical (unpaired) electrons. The van der Waals surface area contributed by atoms with Crippen molar-refractivity contribution in [2.45, 2.75) is 45.6 Å². The molecule has 0 saturated heterocycles. The predicted octanol–water partition coefficient (Wildman–Crippen LogP) is 4.64. The normalized spacial score (nSPS) is 15.7. The Labute approximate surface area is 145 Å². The van der Waals surface area contributed by atoms with Gasteiger partial charge in [-0.2, -0.15) is 0 Å². The van der Waals surface area contributed by atoms with Gasteiger partial charge in [0.15, 0.2) is 0 Å². The quantitative estimate of drug-likeness (QED) is 0.544. The Kier molecular flexibility index (Phi) is 5.62. The standard InChI is InChI=1S/C21H30N2O/c1-4-5-6-12-23-16-18(13-17-8-7-11-22(2)15-17)20-14-19(24-3)9-10-21(20)23/h8-10,14,16H,4-7,11-13,15H2,1-3H3. The van der Waals surface area contributed by atoms with Crippen LogP contribution in [0, 0.1) is 0 Å². The Balaban J connectivity index is 1.91. The molecule has 2 heterocycles. The Morgan fingerprint density at radius 2 is 2.08 bits per heavy atom. The fourth-order valence-electron chi connectivity index (χ4n) is 3.69. The van der Waals surface area contributed by atoms with Crippen LogP contribution in [-0.4, -0.2) is 36.7 Å². The zero-order valence-corrected chi connectivity index (χ0v) is 15.3. The summed E-state index contributed by atoms with van der Waals surface area (Å²) in [4.78, 5) is 2.41. The summed E-state index contributed by atoms with van der Waals surface area (Å²) in [7, 11) is 3.96. The van der Waals surface area contributed by atoms with Crippen molar-refractivity contribution in [3.63, 3.8) is 0 Å². The average molecular weight is 326 g/mol. The van der Waals surface area contributed by atoms with Gasteiger partial charge in [0.05, 0.1) is 7.11 Å². The molecule has 0 unspecified atom stereocenters. The number of hydrogen-bond donors (Lipinski definition) is 0. The van der Waals surface area contributed by atoms with Gasteiger partial charge in [-0.15, -0.1) is 0 Å². The molecular weight excluding hydrogens is 296 g/mol. The second-order valence-corrected chi connectivity index (χ2v) is 7.00. The number of nitrogens with zero attached hydrogens (tertiary/aromatic N) is 2. The van der Waals surface area contributed by atoms with E-state index >= 15 is 0 Å². The maximum absolute atomic E-state index is 5.46. The molecule has 130 valence electrons. The number of aromatic nitrogens is 1. The minimum atomic E-state index is 0.949. The summed E-state index contributed by atoms with van der Waals surface area (Å²) in [5.41, 5.74) is 4.31. The van der Waals surface area contributed by atoms with E-state index < -0.39 is 0 Å². The third-order valence-corrected chi connectivity index (χ3v) is 5.01. The van der Waals surface area contributed by atoms with Gasteiger partial charge in [-0.1, -0.05) is 31.4 Å². The van der Waals surface area contributed by atoms with Gasteiger partial charge in [-0.05, 0) is 50.1 Å². The average Bonchev–Trinajstić information content (AvgIpc) is 2.92. The summed E-state index contributed by atoms with van der Waals surface area (Å²) in [6.45, 7) is 5.63. The van der Waals surface area contributed by atoms with Gasteiger partial charge in [-0.3, -0.25) is 0 Å². The Morgan fingerprint density at radius 1 is 1.21 bits per heavy atom. The topological polar surface area (TPSA) is 17.4 Å². The van der Waals surface area contributed by atoms with Crippen molar-refractivity contribution in [3.05, 3.63) is 41.6 Å².